The molecule has 316 valence electrons. The number of likely N-dealkylation sites (N-methyl/N-ethyl adjacent to an activating group) is 1. The van der Waals surface area contributed by atoms with Crippen LogP contribution in [0.5, 0.6) is 0 Å². The number of carbonyl (C=O) groups is 3. The summed E-state index contributed by atoms with van der Waals surface area (Å²) in [6.07, 6.45) is 40.7. The number of nitrogens with zero attached hydrogens (tertiary/aromatic N) is 1. The Labute approximate surface area is 332 Å². The SMILES string of the molecule is CCCCCCCC/C=C/C/C=C/CCC(=O)OCC(COCCC(C(=O)[O-])[N+](C)(C)C)OC(=O)CCCCCCCCCCCCCCCCCCC. The molecule has 0 N–H and O–H groups in total. The molecule has 0 amide bonds. The molecule has 2 atom stereocenters. The van der Waals surface area contributed by atoms with Gasteiger partial charge in [-0.2, -0.15) is 0 Å². The van der Waals surface area contributed by atoms with Gasteiger partial charge in [0.2, 0.25) is 0 Å². The fourth-order valence-corrected chi connectivity index (χ4v) is 6.59. The van der Waals surface area contributed by atoms with Gasteiger partial charge in [0.15, 0.2) is 6.10 Å². The molecule has 0 fully saturated rings. The Kier molecular flexibility index (Phi) is 36.2. The molecule has 0 heterocycles. The second kappa shape index (κ2) is 37.7. The Bertz CT molecular complexity index is 942. The van der Waals surface area contributed by atoms with E-state index in [4.69, 9.17) is 14.2 Å². The molecule has 0 aliphatic heterocycles. The molecule has 8 nitrogen and oxygen atoms in total. The summed E-state index contributed by atoms with van der Waals surface area (Å²) >= 11 is 0. The number of rotatable bonds is 40. The van der Waals surface area contributed by atoms with Crippen LogP contribution < -0.4 is 5.11 Å². The second-order valence-corrected chi connectivity index (χ2v) is 16.3. The van der Waals surface area contributed by atoms with E-state index in [9.17, 15) is 19.5 Å². The molecule has 0 radical (unpaired) electrons. The number of aliphatic carboxylic acids is 1. The number of allylic oxidation sites excluding steroid dienone is 4. The van der Waals surface area contributed by atoms with Crippen LogP contribution in [0.3, 0.4) is 0 Å². The Morgan fingerprint density at radius 3 is 1.50 bits per heavy atom. The van der Waals surface area contributed by atoms with E-state index in [-0.39, 0.29) is 49.1 Å². The first-order valence-electron chi connectivity index (χ1n) is 22.4. The number of hydrogen-bond donors (Lipinski definition) is 0. The van der Waals surface area contributed by atoms with E-state index in [1.54, 1.807) is 21.1 Å². The average Bonchev–Trinajstić information content (AvgIpc) is 3.12. The Morgan fingerprint density at radius 2 is 1.02 bits per heavy atom. The summed E-state index contributed by atoms with van der Waals surface area (Å²) in [5, 5.41) is 11.6. The highest BCUT2D eigenvalue weighted by Gasteiger charge is 2.25. The van der Waals surface area contributed by atoms with E-state index in [0.29, 0.717) is 12.8 Å². The standard InChI is InChI=1S/C46H85NO7/c1-6-8-10-12-14-16-18-20-21-22-23-25-27-29-31-33-35-37-45(49)54-42(40-52-39-38-43(46(50)51)47(3,4)5)41-53-44(48)36-34-32-30-28-26-24-19-17-15-13-11-9-7-2/h24,26,30,32,42-43H,6-23,25,27-29,31,33-41H2,1-5H3/b26-24+,32-30+. The molecule has 0 aromatic rings. The lowest BCUT2D eigenvalue weighted by molar-refractivity contribution is -0.889. The van der Waals surface area contributed by atoms with Crippen molar-refractivity contribution in [1.82, 2.24) is 0 Å². The topological polar surface area (TPSA) is 102 Å². The number of unbranched alkanes of at least 4 members (excludes halogenated alkanes) is 22. The van der Waals surface area contributed by atoms with Crippen molar-refractivity contribution in [2.45, 2.75) is 212 Å². The number of carbonyl (C=O) groups excluding carboxylic acids is 3. The van der Waals surface area contributed by atoms with Gasteiger partial charge in [0.25, 0.3) is 0 Å². The van der Waals surface area contributed by atoms with Crippen molar-refractivity contribution in [3.05, 3.63) is 24.3 Å². The summed E-state index contributed by atoms with van der Waals surface area (Å²) in [5.41, 5.74) is 0. The largest absolute Gasteiger partial charge is 0.544 e. The van der Waals surface area contributed by atoms with Gasteiger partial charge in [-0.05, 0) is 32.1 Å². The predicted octanol–water partition coefficient (Wildman–Crippen LogP) is 10.7. The van der Waals surface area contributed by atoms with Crippen LogP contribution in [0.25, 0.3) is 0 Å². The Hall–Kier alpha value is -2.19. The zero-order valence-electron chi connectivity index (χ0n) is 35.9. The summed E-state index contributed by atoms with van der Waals surface area (Å²) in [6, 6.07) is -0.729. The van der Waals surface area contributed by atoms with Crippen LogP contribution in [0.15, 0.2) is 24.3 Å². The van der Waals surface area contributed by atoms with Gasteiger partial charge < -0.3 is 28.6 Å². The summed E-state index contributed by atoms with van der Waals surface area (Å²) in [6.45, 7) is 4.61. The van der Waals surface area contributed by atoms with Crippen molar-refractivity contribution < 1.29 is 38.2 Å². The van der Waals surface area contributed by atoms with Crippen molar-refractivity contribution >= 4 is 17.9 Å². The Balaban J connectivity index is 4.36. The van der Waals surface area contributed by atoms with E-state index < -0.39 is 18.1 Å². The van der Waals surface area contributed by atoms with Crippen molar-refractivity contribution in [1.29, 1.82) is 0 Å². The van der Waals surface area contributed by atoms with Crippen LogP contribution in [-0.2, 0) is 28.6 Å². The van der Waals surface area contributed by atoms with Gasteiger partial charge in [-0.25, -0.2) is 0 Å². The highest BCUT2D eigenvalue weighted by molar-refractivity contribution is 5.70. The maximum atomic E-state index is 12.7. The minimum atomic E-state index is -1.13. The maximum Gasteiger partial charge on any atom is 0.306 e. The van der Waals surface area contributed by atoms with Gasteiger partial charge in [0, 0.05) is 19.3 Å². The van der Waals surface area contributed by atoms with Crippen LogP contribution >= 0.6 is 0 Å². The van der Waals surface area contributed by atoms with E-state index in [0.717, 1.165) is 32.1 Å². The van der Waals surface area contributed by atoms with Crippen molar-refractivity contribution in [3.63, 3.8) is 0 Å². The first kappa shape index (κ1) is 51.8. The molecule has 0 saturated carbocycles. The number of hydrogen-bond acceptors (Lipinski definition) is 7. The number of quaternary nitrogens is 1. The minimum absolute atomic E-state index is 0.0277. The highest BCUT2D eigenvalue weighted by Crippen LogP contribution is 2.15. The lowest BCUT2D eigenvalue weighted by atomic mass is 10.0. The second-order valence-electron chi connectivity index (χ2n) is 16.3. The van der Waals surface area contributed by atoms with E-state index in [1.807, 2.05) is 6.08 Å². The molecule has 2 unspecified atom stereocenters. The molecule has 0 aliphatic carbocycles. The zero-order valence-corrected chi connectivity index (χ0v) is 35.9. The average molecular weight is 764 g/mol. The molecule has 0 rings (SSSR count). The van der Waals surface area contributed by atoms with Gasteiger partial charge in [0.1, 0.15) is 12.6 Å². The summed E-state index contributed by atoms with van der Waals surface area (Å²) in [7, 11) is 5.40. The molecule has 0 saturated heterocycles. The quantitative estimate of drug-likeness (QED) is 0.0265. The van der Waals surface area contributed by atoms with Crippen LogP contribution in [0.4, 0.5) is 0 Å². The first-order chi connectivity index (χ1) is 26.1. The molecular weight excluding hydrogens is 679 g/mol. The minimum Gasteiger partial charge on any atom is -0.544 e. The maximum absolute atomic E-state index is 12.7. The number of carboxylic acids is 1. The van der Waals surface area contributed by atoms with Crippen LogP contribution in [0, 0.1) is 0 Å². The summed E-state index contributed by atoms with van der Waals surface area (Å²) in [4.78, 5) is 36.8. The zero-order chi connectivity index (χ0) is 40.0. The monoisotopic (exact) mass is 764 g/mol. The summed E-state index contributed by atoms with van der Waals surface area (Å²) in [5.74, 6) is -1.81. The first-order valence-corrected chi connectivity index (χ1v) is 22.4. The van der Waals surface area contributed by atoms with Crippen molar-refractivity contribution in [2.75, 3.05) is 41.0 Å². The fourth-order valence-electron chi connectivity index (χ4n) is 6.59. The van der Waals surface area contributed by atoms with Crippen molar-refractivity contribution in [3.8, 4) is 0 Å². The smallest absolute Gasteiger partial charge is 0.306 e. The molecule has 0 spiro atoms. The predicted molar refractivity (Wildman–Crippen MR) is 222 cm³/mol. The van der Waals surface area contributed by atoms with Gasteiger partial charge in [-0.1, -0.05) is 173 Å². The third-order valence-corrected chi connectivity index (χ3v) is 10.1. The number of esters is 2. The van der Waals surface area contributed by atoms with Gasteiger partial charge in [-0.3, -0.25) is 9.59 Å². The van der Waals surface area contributed by atoms with E-state index >= 15 is 0 Å². The molecule has 0 bridgehead atoms. The molecule has 0 aromatic carbocycles. The molecule has 8 heteroatoms. The lowest BCUT2D eigenvalue weighted by Crippen LogP contribution is -2.55. The molecular formula is C46H85NO7. The van der Waals surface area contributed by atoms with Gasteiger partial charge >= 0.3 is 11.9 Å². The molecule has 54 heavy (non-hydrogen) atoms. The summed E-state index contributed by atoms with van der Waals surface area (Å²) < 4.78 is 17.1. The Morgan fingerprint density at radius 1 is 0.556 bits per heavy atom. The third-order valence-electron chi connectivity index (χ3n) is 10.1. The number of carboxylic acid groups (broad SMARTS) is 1. The van der Waals surface area contributed by atoms with E-state index in [1.165, 1.54) is 128 Å². The van der Waals surface area contributed by atoms with Gasteiger partial charge in [-0.15, -0.1) is 0 Å². The fraction of sp³-hybridized carbons (Fsp3) is 0.848. The number of ether oxygens (including phenoxy) is 3. The van der Waals surface area contributed by atoms with Crippen LogP contribution in [0.2, 0.25) is 0 Å². The van der Waals surface area contributed by atoms with Crippen molar-refractivity contribution in [2.24, 2.45) is 0 Å². The van der Waals surface area contributed by atoms with Crippen LogP contribution in [0.1, 0.15) is 200 Å². The van der Waals surface area contributed by atoms with E-state index in [2.05, 4.69) is 32.1 Å². The van der Waals surface area contributed by atoms with Gasteiger partial charge in [0.05, 0.1) is 40.3 Å². The molecule has 0 aromatic heterocycles. The third kappa shape index (κ3) is 35.5. The highest BCUT2D eigenvalue weighted by atomic mass is 16.6. The van der Waals surface area contributed by atoms with Crippen LogP contribution in [-0.4, -0.2) is 75.5 Å². The lowest BCUT2D eigenvalue weighted by Gasteiger charge is -2.34. The normalized spacial score (nSPS) is 13.1. The molecule has 0 aliphatic rings.